The van der Waals surface area contributed by atoms with Crippen molar-refractivity contribution in [3.8, 4) is 0 Å². The quantitative estimate of drug-likeness (QED) is 0.708. The minimum absolute atomic E-state index is 0.203. The highest BCUT2D eigenvalue weighted by molar-refractivity contribution is 7.88. The molecule has 0 fully saturated rings. The van der Waals surface area contributed by atoms with Crippen LogP contribution < -0.4 is 15.8 Å². The Morgan fingerprint density at radius 1 is 1.04 bits per heavy atom. The van der Waals surface area contributed by atoms with Crippen LogP contribution in [0.4, 0.5) is 5.69 Å². The van der Waals surface area contributed by atoms with E-state index in [1.807, 2.05) is 19.9 Å². The van der Waals surface area contributed by atoms with E-state index in [0.717, 1.165) is 11.1 Å². The summed E-state index contributed by atoms with van der Waals surface area (Å²) in [5, 5.41) is 10.2. The Bertz CT molecular complexity index is 919. The summed E-state index contributed by atoms with van der Waals surface area (Å²) in [7, 11) is -3.65. The van der Waals surface area contributed by atoms with E-state index in [0.29, 0.717) is 16.8 Å². The third-order valence-electron chi connectivity index (χ3n) is 3.47. The number of carbonyl (C=O) groups excluding carboxylic acids is 2. The van der Waals surface area contributed by atoms with Crippen LogP contribution in [-0.4, -0.2) is 26.8 Å². The van der Waals surface area contributed by atoms with Gasteiger partial charge in [-0.05, 0) is 43.7 Å². The highest BCUT2D eigenvalue weighted by Crippen LogP contribution is 2.12. The van der Waals surface area contributed by atoms with Crippen molar-refractivity contribution in [2.75, 3.05) is 11.9 Å². The predicted octanol–water partition coefficient (Wildman–Crippen LogP) is 1.46. The molecular formula is C18H21N3O4S. The summed E-state index contributed by atoms with van der Waals surface area (Å²) in [5.74, 6) is -1.08. The fraction of sp³-hybridized carbons (Fsp3) is 0.222. The van der Waals surface area contributed by atoms with E-state index in [9.17, 15) is 18.0 Å². The molecule has 0 spiro atoms. The van der Waals surface area contributed by atoms with Gasteiger partial charge in [-0.15, -0.1) is 0 Å². The third-order valence-corrected chi connectivity index (χ3v) is 4.21. The SMILES string of the molecule is Cc1cc(C)cc(C(=O)NCC(=O)Nc2cccc(CS(N)(=O)=O)c2)c1. The first-order chi connectivity index (χ1) is 12.1. The van der Waals surface area contributed by atoms with Crippen molar-refractivity contribution >= 4 is 27.5 Å². The summed E-state index contributed by atoms with van der Waals surface area (Å²) in [6, 6.07) is 11.8. The van der Waals surface area contributed by atoms with Crippen LogP contribution in [0, 0.1) is 13.8 Å². The van der Waals surface area contributed by atoms with Gasteiger partial charge in [0.1, 0.15) is 0 Å². The molecule has 0 aromatic heterocycles. The Kier molecular flexibility index (Phi) is 6.12. The zero-order chi connectivity index (χ0) is 19.3. The van der Waals surface area contributed by atoms with Gasteiger partial charge in [0.2, 0.25) is 15.9 Å². The Balaban J connectivity index is 1.94. The Morgan fingerprint density at radius 3 is 2.31 bits per heavy atom. The molecule has 0 unspecified atom stereocenters. The van der Waals surface area contributed by atoms with Crippen LogP contribution in [0.1, 0.15) is 27.0 Å². The number of rotatable bonds is 6. The van der Waals surface area contributed by atoms with Gasteiger partial charge in [0.15, 0.2) is 0 Å². The summed E-state index contributed by atoms with van der Waals surface area (Å²) in [6.07, 6.45) is 0. The molecule has 0 bridgehead atoms. The van der Waals surface area contributed by atoms with Gasteiger partial charge >= 0.3 is 0 Å². The largest absolute Gasteiger partial charge is 0.343 e. The minimum atomic E-state index is -3.65. The maximum atomic E-state index is 12.1. The molecule has 0 radical (unpaired) electrons. The van der Waals surface area contributed by atoms with E-state index < -0.39 is 15.9 Å². The summed E-state index contributed by atoms with van der Waals surface area (Å²) in [5.41, 5.74) is 3.31. The number of sulfonamides is 1. The molecule has 0 aliphatic rings. The average Bonchev–Trinajstić information content (AvgIpc) is 2.50. The number of hydrogen-bond donors (Lipinski definition) is 3. The number of nitrogens with one attached hydrogen (secondary N) is 2. The second-order valence-corrected chi connectivity index (χ2v) is 7.73. The number of anilines is 1. The van der Waals surface area contributed by atoms with E-state index in [1.54, 1.807) is 30.3 Å². The topological polar surface area (TPSA) is 118 Å². The molecule has 138 valence electrons. The first-order valence-corrected chi connectivity index (χ1v) is 9.60. The standard InChI is InChI=1S/C18H21N3O4S/c1-12-6-13(2)8-15(7-12)18(23)20-10-17(22)21-16-5-3-4-14(9-16)11-26(19,24)25/h3-9H,10-11H2,1-2H3,(H,20,23)(H,21,22)(H2,19,24,25). The number of hydrogen-bond acceptors (Lipinski definition) is 4. The number of benzene rings is 2. The molecule has 2 rings (SSSR count). The molecule has 26 heavy (non-hydrogen) atoms. The monoisotopic (exact) mass is 375 g/mol. The Labute approximate surface area is 152 Å². The maximum absolute atomic E-state index is 12.1. The lowest BCUT2D eigenvalue weighted by Crippen LogP contribution is -2.33. The Hall–Kier alpha value is -2.71. The van der Waals surface area contributed by atoms with Crippen LogP contribution in [0.2, 0.25) is 0 Å². The van der Waals surface area contributed by atoms with Gasteiger partial charge in [0.05, 0.1) is 12.3 Å². The van der Waals surface area contributed by atoms with Crippen molar-refractivity contribution in [3.63, 3.8) is 0 Å². The molecule has 0 atom stereocenters. The van der Waals surface area contributed by atoms with Crippen molar-refractivity contribution in [1.82, 2.24) is 5.32 Å². The first-order valence-electron chi connectivity index (χ1n) is 7.88. The van der Waals surface area contributed by atoms with E-state index in [4.69, 9.17) is 5.14 Å². The molecule has 0 saturated heterocycles. The number of carbonyl (C=O) groups is 2. The van der Waals surface area contributed by atoms with Gasteiger partial charge in [-0.2, -0.15) is 0 Å². The van der Waals surface area contributed by atoms with Crippen molar-refractivity contribution < 1.29 is 18.0 Å². The molecule has 0 aliphatic carbocycles. The van der Waals surface area contributed by atoms with E-state index >= 15 is 0 Å². The summed E-state index contributed by atoms with van der Waals surface area (Å²) in [4.78, 5) is 24.2. The molecular weight excluding hydrogens is 354 g/mol. The van der Waals surface area contributed by atoms with Crippen LogP contribution in [-0.2, 0) is 20.6 Å². The van der Waals surface area contributed by atoms with E-state index in [2.05, 4.69) is 10.6 Å². The minimum Gasteiger partial charge on any atom is -0.343 e. The van der Waals surface area contributed by atoms with Crippen LogP contribution >= 0.6 is 0 Å². The average molecular weight is 375 g/mol. The summed E-state index contributed by atoms with van der Waals surface area (Å²) < 4.78 is 22.3. The number of primary sulfonamides is 1. The van der Waals surface area contributed by atoms with Gasteiger partial charge < -0.3 is 10.6 Å². The second kappa shape index (κ2) is 8.11. The number of amides is 2. The van der Waals surface area contributed by atoms with Gasteiger partial charge in [-0.1, -0.05) is 29.3 Å². The normalized spacial score (nSPS) is 11.0. The second-order valence-electron chi connectivity index (χ2n) is 6.11. The van der Waals surface area contributed by atoms with Crippen LogP contribution in [0.15, 0.2) is 42.5 Å². The summed E-state index contributed by atoms with van der Waals surface area (Å²) in [6.45, 7) is 3.58. The molecule has 0 heterocycles. The van der Waals surface area contributed by atoms with Gasteiger partial charge in [0, 0.05) is 11.3 Å². The lowest BCUT2D eigenvalue weighted by atomic mass is 10.1. The van der Waals surface area contributed by atoms with E-state index in [-0.39, 0.29) is 18.2 Å². The lowest BCUT2D eigenvalue weighted by molar-refractivity contribution is -0.115. The van der Waals surface area contributed by atoms with Gasteiger partial charge in [-0.3, -0.25) is 9.59 Å². The highest BCUT2D eigenvalue weighted by Gasteiger charge is 2.10. The molecule has 7 nitrogen and oxygen atoms in total. The Morgan fingerprint density at radius 2 is 1.69 bits per heavy atom. The highest BCUT2D eigenvalue weighted by atomic mass is 32.2. The van der Waals surface area contributed by atoms with Crippen molar-refractivity contribution in [2.24, 2.45) is 5.14 Å². The molecule has 2 aromatic carbocycles. The molecule has 0 aliphatic heterocycles. The fourth-order valence-electron chi connectivity index (χ4n) is 2.54. The smallest absolute Gasteiger partial charge is 0.251 e. The maximum Gasteiger partial charge on any atom is 0.251 e. The van der Waals surface area contributed by atoms with Crippen molar-refractivity contribution in [3.05, 3.63) is 64.7 Å². The van der Waals surface area contributed by atoms with Crippen molar-refractivity contribution in [2.45, 2.75) is 19.6 Å². The van der Waals surface area contributed by atoms with Crippen LogP contribution in [0.25, 0.3) is 0 Å². The number of aryl methyl sites for hydroxylation is 2. The van der Waals surface area contributed by atoms with Gasteiger partial charge in [0.25, 0.3) is 5.91 Å². The molecule has 2 aromatic rings. The van der Waals surface area contributed by atoms with Crippen LogP contribution in [0.5, 0.6) is 0 Å². The predicted molar refractivity (Wildman–Crippen MR) is 100 cm³/mol. The first kappa shape index (κ1) is 19.6. The van der Waals surface area contributed by atoms with E-state index in [1.165, 1.54) is 6.07 Å². The fourth-order valence-corrected chi connectivity index (χ4v) is 3.19. The molecule has 2 amide bonds. The molecule has 4 N–H and O–H groups in total. The van der Waals surface area contributed by atoms with Crippen LogP contribution in [0.3, 0.4) is 0 Å². The molecule has 0 saturated carbocycles. The van der Waals surface area contributed by atoms with Gasteiger partial charge in [-0.25, -0.2) is 13.6 Å². The third kappa shape index (κ3) is 6.30. The summed E-state index contributed by atoms with van der Waals surface area (Å²) >= 11 is 0. The zero-order valence-electron chi connectivity index (χ0n) is 14.6. The zero-order valence-corrected chi connectivity index (χ0v) is 15.4. The molecule has 8 heteroatoms. The number of nitrogens with two attached hydrogens (primary N) is 1. The lowest BCUT2D eigenvalue weighted by Gasteiger charge is -2.09. The van der Waals surface area contributed by atoms with Crippen molar-refractivity contribution in [1.29, 1.82) is 0 Å².